The van der Waals surface area contributed by atoms with Gasteiger partial charge in [0.1, 0.15) is 5.76 Å². The second kappa shape index (κ2) is 11.6. The van der Waals surface area contributed by atoms with Crippen LogP contribution in [0.15, 0.2) is 52.1 Å². The molecule has 2 heterocycles. The predicted molar refractivity (Wildman–Crippen MR) is 120 cm³/mol. The zero-order valence-electron chi connectivity index (χ0n) is 16.7. The molecule has 1 saturated heterocycles. The van der Waals surface area contributed by atoms with Crippen molar-refractivity contribution in [3.05, 3.63) is 59.5 Å². The Morgan fingerprint density at radius 3 is 2.77 bits per heavy atom. The fraction of sp³-hybridized carbons (Fsp3) is 0.476. The zero-order valence-corrected chi connectivity index (χ0v) is 19.1. The minimum atomic E-state index is -4.36. The van der Waals surface area contributed by atoms with Crippen LogP contribution in [-0.4, -0.2) is 32.3 Å². The lowest BCUT2D eigenvalue weighted by Crippen LogP contribution is -2.40. The fourth-order valence-electron chi connectivity index (χ4n) is 3.13. The molecule has 30 heavy (non-hydrogen) atoms. The van der Waals surface area contributed by atoms with Crippen molar-refractivity contribution in [1.82, 2.24) is 10.6 Å². The molecule has 0 bridgehead atoms. The van der Waals surface area contributed by atoms with Crippen LogP contribution in [0.2, 0.25) is 0 Å². The number of benzene rings is 1. The highest BCUT2D eigenvalue weighted by atomic mass is 127. The van der Waals surface area contributed by atoms with Crippen molar-refractivity contribution in [1.29, 1.82) is 0 Å². The molecule has 1 aliphatic rings. The van der Waals surface area contributed by atoms with E-state index in [1.807, 2.05) is 19.1 Å². The van der Waals surface area contributed by atoms with Gasteiger partial charge < -0.3 is 19.8 Å². The molecule has 0 amide bonds. The Morgan fingerprint density at radius 2 is 2.10 bits per heavy atom. The second-order valence-corrected chi connectivity index (χ2v) is 7.16. The molecule has 0 saturated carbocycles. The molecular formula is C21H27F3IN3O2. The van der Waals surface area contributed by atoms with Crippen LogP contribution >= 0.6 is 24.0 Å². The van der Waals surface area contributed by atoms with Crippen molar-refractivity contribution < 1.29 is 22.3 Å². The molecule has 1 aliphatic heterocycles. The summed E-state index contributed by atoms with van der Waals surface area (Å²) in [5, 5.41) is 6.46. The fourth-order valence-corrected chi connectivity index (χ4v) is 3.13. The molecule has 5 nitrogen and oxygen atoms in total. The summed E-state index contributed by atoms with van der Waals surface area (Å²) >= 11 is 0. The van der Waals surface area contributed by atoms with E-state index in [0.29, 0.717) is 43.6 Å². The first kappa shape index (κ1) is 24.5. The van der Waals surface area contributed by atoms with Gasteiger partial charge in [-0.05, 0) is 43.2 Å². The number of ether oxygens (including phenoxy) is 1. The first-order valence-corrected chi connectivity index (χ1v) is 9.74. The van der Waals surface area contributed by atoms with E-state index in [1.54, 1.807) is 12.3 Å². The van der Waals surface area contributed by atoms with Crippen molar-refractivity contribution in [3.63, 3.8) is 0 Å². The quantitative estimate of drug-likeness (QED) is 0.303. The monoisotopic (exact) mass is 537 g/mol. The average molecular weight is 537 g/mol. The maximum Gasteiger partial charge on any atom is 0.416 e. The van der Waals surface area contributed by atoms with Crippen LogP contribution < -0.4 is 10.6 Å². The first-order valence-electron chi connectivity index (χ1n) is 9.74. The number of hydrogen-bond donors (Lipinski definition) is 2. The summed E-state index contributed by atoms with van der Waals surface area (Å²) in [4.78, 5) is 4.62. The lowest BCUT2D eigenvalue weighted by atomic mass is 10.1. The molecule has 1 aromatic heterocycles. The van der Waals surface area contributed by atoms with E-state index in [9.17, 15) is 13.2 Å². The third-order valence-corrected chi connectivity index (χ3v) is 4.84. The van der Waals surface area contributed by atoms with Crippen molar-refractivity contribution >= 4 is 29.9 Å². The van der Waals surface area contributed by atoms with Crippen LogP contribution in [0.25, 0.3) is 0 Å². The van der Waals surface area contributed by atoms with Gasteiger partial charge in [0.15, 0.2) is 5.96 Å². The molecule has 0 spiro atoms. The van der Waals surface area contributed by atoms with E-state index >= 15 is 0 Å². The summed E-state index contributed by atoms with van der Waals surface area (Å²) in [7, 11) is 0. The summed E-state index contributed by atoms with van der Waals surface area (Å²) in [6.45, 7) is 4.45. The van der Waals surface area contributed by atoms with Gasteiger partial charge in [0.05, 0.1) is 24.5 Å². The largest absolute Gasteiger partial charge is 0.469 e. The smallest absolute Gasteiger partial charge is 0.416 e. The van der Waals surface area contributed by atoms with E-state index in [1.165, 1.54) is 12.1 Å². The maximum atomic E-state index is 13.0. The molecule has 2 atom stereocenters. The third kappa shape index (κ3) is 7.50. The Morgan fingerprint density at radius 1 is 1.27 bits per heavy atom. The molecule has 1 fully saturated rings. The average Bonchev–Trinajstić information content (AvgIpc) is 3.39. The number of halogens is 4. The second-order valence-electron chi connectivity index (χ2n) is 7.16. The Hall–Kier alpha value is -1.75. The van der Waals surface area contributed by atoms with E-state index in [0.717, 1.165) is 24.9 Å². The van der Waals surface area contributed by atoms with Gasteiger partial charge in [-0.1, -0.05) is 12.1 Å². The van der Waals surface area contributed by atoms with Gasteiger partial charge in [-0.3, -0.25) is 4.99 Å². The van der Waals surface area contributed by atoms with Crippen molar-refractivity contribution in [2.24, 2.45) is 10.9 Å². The van der Waals surface area contributed by atoms with Gasteiger partial charge in [-0.2, -0.15) is 13.2 Å². The normalized spacial score (nSPS) is 18.0. The van der Waals surface area contributed by atoms with Gasteiger partial charge in [-0.25, -0.2) is 0 Å². The van der Waals surface area contributed by atoms with Crippen LogP contribution in [0, 0.1) is 5.92 Å². The van der Waals surface area contributed by atoms with Gasteiger partial charge >= 0.3 is 6.18 Å². The summed E-state index contributed by atoms with van der Waals surface area (Å²) < 4.78 is 49.7. The van der Waals surface area contributed by atoms with Crippen LogP contribution in [0.5, 0.6) is 0 Å². The lowest BCUT2D eigenvalue weighted by Gasteiger charge is -2.20. The molecule has 2 N–H and O–H groups in total. The lowest BCUT2D eigenvalue weighted by molar-refractivity contribution is -0.137. The van der Waals surface area contributed by atoms with Crippen LogP contribution in [0.3, 0.4) is 0 Å². The Labute approximate surface area is 191 Å². The third-order valence-electron chi connectivity index (χ3n) is 4.84. The van der Waals surface area contributed by atoms with E-state index < -0.39 is 11.7 Å². The highest BCUT2D eigenvalue weighted by molar-refractivity contribution is 14.0. The molecular weight excluding hydrogens is 510 g/mol. The van der Waals surface area contributed by atoms with E-state index in [2.05, 4.69) is 15.6 Å². The predicted octanol–water partition coefficient (Wildman–Crippen LogP) is 4.79. The highest BCUT2D eigenvalue weighted by Gasteiger charge is 2.30. The van der Waals surface area contributed by atoms with Crippen molar-refractivity contribution in [3.8, 4) is 0 Å². The highest BCUT2D eigenvalue weighted by Crippen LogP contribution is 2.30. The molecule has 0 aliphatic carbocycles. The van der Waals surface area contributed by atoms with E-state index in [4.69, 9.17) is 9.15 Å². The minimum absolute atomic E-state index is 0. The molecule has 2 unspecified atom stereocenters. The number of rotatable bonds is 7. The van der Waals surface area contributed by atoms with Crippen molar-refractivity contribution in [2.45, 2.75) is 32.0 Å². The number of aliphatic imine (C=N–C) groups is 1. The standard InChI is InChI=1S/C21H26F3N3O2.HI/c1-15(17-4-2-5-18(12-17)21(22,23)24)27-20(26-13-16-8-11-28-14-16)25-9-7-19-6-3-10-29-19;/h2-6,10,12,15-16H,7-9,11,13-14H2,1H3,(H2,25,26,27);1H. The van der Waals surface area contributed by atoms with Gasteiger partial charge in [0, 0.05) is 32.0 Å². The van der Waals surface area contributed by atoms with Gasteiger partial charge in [0.25, 0.3) is 0 Å². The molecule has 3 rings (SSSR count). The van der Waals surface area contributed by atoms with Crippen molar-refractivity contribution in [2.75, 3.05) is 26.3 Å². The zero-order chi connectivity index (χ0) is 20.7. The summed E-state index contributed by atoms with van der Waals surface area (Å²) in [6, 6.07) is 8.74. The number of nitrogens with one attached hydrogen (secondary N) is 2. The van der Waals surface area contributed by atoms with Gasteiger partial charge in [0.2, 0.25) is 0 Å². The summed E-state index contributed by atoms with van der Waals surface area (Å²) in [6.07, 6.45) is -1.10. The molecule has 2 aromatic rings. The number of furan rings is 1. The van der Waals surface area contributed by atoms with E-state index in [-0.39, 0.29) is 30.0 Å². The molecule has 1 aromatic carbocycles. The topological polar surface area (TPSA) is 58.8 Å². The Kier molecular flexibility index (Phi) is 9.47. The van der Waals surface area contributed by atoms with Gasteiger partial charge in [-0.15, -0.1) is 24.0 Å². The van der Waals surface area contributed by atoms with Crippen LogP contribution in [0.1, 0.15) is 36.3 Å². The Balaban J connectivity index is 0.00000320. The van der Waals surface area contributed by atoms with Crippen LogP contribution in [-0.2, 0) is 17.3 Å². The minimum Gasteiger partial charge on any atom is -0.469 e. The molecule has 0 radical (unpaired) electrons. The van der Waals surface area contributed by atoms with Crippen LogP contribution in [0.4, 0.5) is 13.2 Å². The summed E-state index contributed by atoms with van der Waals surface area (Å²) in [5.74, 6) is 1.78. The molecule has 9 heteroatoms. The summed E-state index contributed by atoms with van der Waals surface area (Å²) in [5.41, 5.74) is -0.111. The number of hydrogen-bond acceptors (Lipinski definition) is 3. The number of alkyl halides is 3. The SMILES string of the molecule is CC(NC(=NCC1CCOC1)NCCc1ccco1)c1cccc(C(F)(F)F)c1.I. The molecule has 166 valence electrons. The number of guanidine groups is 1. The maximum absolute atomic E-state index is 13.0. The number of nitrogens with zero attached hydrogens (tertiary/aromatic N) is 1. The first-order chi connectivity index (χ1) is 13.9. The Bertz CT molecular complexity index is 791.